The number of carbonyl (C=O) groups excluding carboxylic acids is 2. The predicted octanol–water partition coefficient (Wildman–Crippen LogP) is 3.47. The van der Waals surface area contributed by atoms with Crippen LogP contribution in [0.2, 0.25) is 0 Å². The van der Waals surface area contributed by atoms with Gasteiger partial charge < -0.3 is 10.1 Å². The van der Waals surface area contributed by atoms with Gasteiger partial charge >= 0.3 is 5.97 Å². The number of rotatable bonds is 4. The zero-order valence-electron chi connectivity index (χ0n) is 15.4. The molecule has 2 aliphatic rings. The molecule has 1 N–H and O–H groups in total. The molecule has 3 rings (SSSR count). The summed E-state index contributed by atoms with van der Waals surface area (Å²) in [7, 11) is 1.40. The van der Waals surface area contributed by atoms with Crippen molar-refractivity contribution >= 4 is 28.2 Å². The Morgan fingerprint density at radius 3 is 2.80 bits per heavy atom. The molecule has 2 unspecified atom stereocenters. The molecule has 0 aromatic carbocycles. The van der Waals surface area contributed by atoms with E-state index < -0.39 is 0 Å². The van der Waals surface area contributed by atoms with Crippen LogP contribution in [0.5, 0.6) is 0 Å². The number of esters is 1. The van der Waals surface area contributed by atoms with E-state index >= 15 is 0 Å². The summed E-state index contributed by atoms with van der Waals surface area (Å²) in [6, 6.07) is 0.442. The summed E-state index contributed by atoms with van der Waals surface area (Å²) in [5.74, 6) is 0.244. The van der Waals surface area contributed by atoms with Gasteiger partial charge in [-0.15, -0.1) is 11.3 Å². The van der Waals surface area contributed by atoms with E-state index in [0.717, 1.165) is 44.2 Å². The third-order valence-corrected chi connectivity index (χ3v) is 6.61. The first-order valence-corrected chi connectivity index (χ1v) is 10.1. The van der Waals surface area contributed by atoms with Gasteiger partial charge in [-0.2, -0.15) is 0 Å². The molecule has 1 saturated heterocycles. The predicted molar refractivity (Wildman–Crippen MR) is 100 cm³/mol. The Morgan fingerprint density at radius 1 is 1.28 bits per heavy atom. The number of piperidine rings is 1. The van der Waals surface area contributed by atoms with E-state index in [1.165, 1.54) is 18.4 Å². The number of carbonyl (C=O) groups is 2. The van der Waals surface area contributed by atoms with Crippen molar-refractivity contribution < 1.29 is 14.3 Å². The number of thiophene rings is 1. The summed E-state index contributed by atoms with van der Waals surface area (Å²) in [4.78, 5) is 28.3. The minimum absolute atomic E-state index is 0.0365. The molecule has 25 heavy (non-hydrogen) atoms. The van der Waals surface area contributed by atoms with Crippen LogP contribution in [-0.2, 0) is 22.4 Å². The molecule has 2 heterocycles. The van der Waals surface area contributed by atoms with E-state index in [4.69, 9.17) is 4.74 Å². The van der Waals surface area contributed by atoms with E-state index in [1.807, 2.05) is 0 Å². The Labute approximate surface area is 153 Å². The third kappa shape index (κ3) is 4.06. The second kappa shape index (κ2) is 7.87. The van der Waals surface area contributed by atoms with Crippen molar-refractivity contribution in [1.82, 2.24) is 4.90 Å². The Kier molecular flexibility index (Phi) is 5.79. The smallest absolute Gasteiger partial charge is 0.341 e. The lowest BCUT2D eigenvalue weighted by molar-refractivity contribution is -0.118. The van der Waals surface area contributed by atoms with Gasteiger partial charge in [-0.1, -0.05) is 13.3 Å². The highest BCUT2D eigenvalue weighted by Crippen LogP contribution is 2.40. The van der Waals surface area contributed by atoms with Crippen molar-refractivity contribution in [3.63, 3.8) is 0 Å². The highest BCUT2D eigenvalue weighted by Gasteiger charge is 2.29. The van der Waals surface area contributed by atoms with Crippen molar-refractivity contribution in [3.05, 3.63) is 16.0 Å². The quantitative estimate of drug-likeness (QED) is 0.831. The van der Waals surface area contributed by atoms with Gasteiger partial charge in [0.2, 0.25) is 5.91 Å². The lowest BCUT2D eigenvalue weighted by Crippen LogP contribution is -2.42. The fourth-order valence-electron chi connectivity index (χ4n) is 3.90. The summed E-state index contributed by atoms with van der Waals surface area (Å²) in [6.45, 7) is 5.77. The molecule has 1 amide bonds. The first kappa shape index (κ1) is 18.4. The molecule has 0 saturated carbocycles. The highest BCUT2D eigenvalue weighted by atomic mass is 32.1. The van der Waals surface area contributed by atoms with Crippen LogP contribution in [0, 0.1) is 5.92 Å². The second-order valence-electron chi connectivity index (χ2n) is 7.41. The first-order valence-electron chi connectivity index (χ1n) is 9.26. The maximum atomic E-state index is 12.6. The van der Waals surface area contributed by atoms with Gasteiger partial charge in [0.05, 0.1) is 19.2 Å². The summed E-state index contributed by atoms with van der Waals surface area (Å²) >= 11 is 1.55. The molecular formula is C19H28N2O3S. The van der Waals surface area contributed by atoms with Crippen LogP contribution < -0.4 is 5.32 Å². The standard InChI is InChI=1S/C19H28N2O3S/c1-12-7-8-14-15(10-12)25-18(17(14)19(23)24-3)20-16(22)11-21-9-5-4-6-13(21)2/h12-13H,4-11H2,1-3H3,(H,20,22). The average molecular weight is 365 g/mol. The van der Waals surface area contributed by atoms with E-state index in [1.54, 1.807) is 11.3 Å². The van der Waals surface area contributed by atoms with Crippen LogP contribution in [0.3, 0.4) is 0 Å². The molecule has 1 aliphatic heterocycles. The fraction of sp³-hybridized carbons (Fsp3) is 0.684. The Morgan fingerprint density at radius 2 is 2.08 bits per heavy atom. The summed E-state index contributed by atoms with van der Waals surface area (Å²) in [5, 5.41) is 3.67. The van der Waals surface area contributed by atoms with Crippen LogP contribution in [0.15, 0.2) is 0 Å². The monoisotopic (exact) mass is 364 g/mol. The Hall–Kier alpha value is -1.40. The van der Waals surface area contributed by atoms with Gasteiger partial charge in [-0.05, 0) is 57.1 Å². The van der Waals surface area contributed by atoms with Gasteiger partial charge in [0, 0.05) is 10.9 Å². The van der Waals surface area contributed by atoms with Crippen molar-refractivity contribution in [1.29, 1.82) is 0 Å². The Bertz CT molecular complexity index is 655. The van der Waals surface area contributed by atoms with E-state index in [-0.39, 0.29) is 11.9 Å². The number of nitrogens with zero attached hydrogens (tertiary/aromatic N) is 1. The van der Waals surface area contributed by atoms with Gasteiger partial charge in [0.25, 0.3) is 0 Å². The SMILES string of the molecule is COC(=O)c1c(NC(=O)CN2CCCCC2C)sc2c1CCC(C)C2. The normalized spacial score (nSPS) is 23.8. The lowest BCUT2D eigenvalue weighted by Gasteiger charge is -2.32. The minimum Gasteiger partial charge on any atom is -0.465 e. The molecule has 1 fully saturated rings. The molecule has 5 nitrogen and oxygen atoms in total. The van der Waals surface area contributed by atoms with Crippen molar-refractivity contribution in [2.45, 2.75) is 58.4 Å². The maximum absolute atomic E-state index is 12.6. The minimum atomic E-state index is -0.339. The van der Waals surface area contributed by atoms with Crippen LogP contribution in [0.25, 0.3) is 0 Å². The van der Waals surface area contributed by atoms with Gasteiger partial charge in [0.1, 0.15) is 5.00 Å². The molecule has 1 aromatic rings. The second-order valence-corrected chi connectivity index (χ2v) is 8.52. The van der Waals surface area contributed by atoms with E-state index in [2.05, 4.69) is 24.1 Å². The van der Waals surface area contributed by atoms with Gasteiger partial charge in [-0.25, -0.2) is 4.79 Å². The Balaban J connectivity index is 1.77. The summed E-state index contributed by atoms with van der Waals surface area (Å²) < 4.78 is 4.98. The van der Waals surface area contributed by atoms with Gasteiger partial charge in [0.15, 0.2) is 0 Å². The number of anilines is 1. The molecule has 1 aliphatic carbocycles. The van der Waals surface area contributed by atoms with Crippen molar-refractivity contribution in [2.24, 2.45) is 5.92 Å². The lowest BCUT2D eigenvalue weighted by atomic mass is 9.88. The number of nitrogens with one attached hydrogen (secondary N) is 1. The molecule has 138 valence electrons. The number of ether oxygens (including phenoxy) is 1. The topological polar surface area (TPSA) is 58.6 Å². The number of hydrogen-bond acceptors (Lipinski definition) is 5. The molecule has 0 spiro atoms. The van der Waals surface area contributed by atoms with Crippen LogP contribution >= 0.6 is 11.3 Å². The molecule has 2 atom stereocenters. The average Bonchev–Trinajstić information content (AvgIpc) is 2.92. The van der Waals surface area contributed by atoms with E-state index in [9.17, 15) is 9.59 Å². The molecule has 0 radical (unpaired) electrons. The molecule has 1 aromatic heterocycles. The summed E-state index contributed by atoms with van der Waals surface area (Å²) in [5.41, 5.74) is 1.66. The number of amides is 1. The van der Waals surface area contributed by atoms with Crippen LogP contribution in [-0.4, -0.2) is 43.0 Å². The molecule has 0 bridgehead atoms. The number of likely N-dealkylation sites (tertiary alicyclic amines) is 1. The first-order chi connectivity index (χ1) is 12.0. The molecule has 6 heteroatoms. The van der Waals surface area contributed by atoms with Crippen molar-refractivity contribution in [2.75, 3.05) is 25.5 Å². The van der Waals surface area contributed by atoms with Crippen molar-refractivity contribution in [3.8, 4) is 0 Å². The zero-order valence-corrected chi connectivity index (χ0v) is 16.2. The number of fused-ring (bicyclic) bond motifs is 1. The number of methoxy groups -OCH3 is 1. The molecular weight excluding hydrogens is 336 g/mol. The van der Waals surface area contributed by atoms with E-state index in [0.29, 0.717) is 29.1 Å². The fourth-order valence-corrected chi connectivity index (χ4v) is 5.31. The zero-order chi connectivity index (χ0) is 18.0. The number of hydrogen-bond donors (Lipinski definition) is 1. The third-order valence-electron chi connectivity index (χ3n) is 5.44. The van der Waals surface area contributed by atoms with Crippen LogP contribution in [0.4, 0.5) is 5.00 Å². The van der Waals surface area contributed by atoms with Gasteiger partial charge in [-0.3, -0.25) is 9.69 Å². The summed E-state index contributed by atoms with van der Waals surface area (Å²) in [6.07, 6.45) is 6.47. The largest absolute Gasteiger partial charge is 0.465 e. The maximum Gasteiger partial charge on any atom is 0.341 e. The highest BCUT2D eigenvalue weighted by molar-refractivity contribution is 7.17. The van der Waals surface area contributed by atoms with Crippen LogP contribution in [0.1, 0.15) is 60.3 Å².